The van der Waals surface area contributed by atoms with Crippen molar-refractivity contribution in [2.75, 3.05) is 0 Å². The molecule has 0 spiro atoms. The van der Waals surface area contributed by atoms with Crippen LogP contribution in [0.2, 0.25) is 0 Å². The van der Waals surface area contributed by atoms with Crippen LogP contribution in [-0.4, -0.2) is 16.5 Å². The summed E-state index contributed by atoms with van der Waals surface area (Å²) in [6.45, 7) is 2.58. The van der Waals surface area contributed by atoms with E-state index in [1.807, 2.05) is 13.0 Å². The van der Waals surface area contributed by atoms with Gasteiger partial charge in [0.05, 0.1) is 12.3 Å². The number of hydrogen-bond donors (Lipinski definition) is 0. The van der Waals surface area contributed by atoms with Gasteiger partial charge in [-0.2, -0.15) is 0 Å². The minimum Gasteiger partial charge on any atom is -0.299 e. The molecule has 1 aliphatic rings. The van der Waals surface area contributed by atoms with Crippen molar-refractivity contribution in [2.24, 2.45) is 4.99 Å². The molecule has 3 rings (SSSR count). The molecule has 1 aliphatic heterocycles. The molecule has 3 nitrogen and oxygen atoms in total. The van der Waals surface area contributed by atoms with Crippen LogP contribution in [0.25, 0.3) is 0 Å². The Morgan fingerprint density at radius 1 is 1.27 bits per heavy atom. The SMILES string of the molecule is CCCC(=O)Cc1cc2c(cn1)C(c1ccc(F)cc1)=NC2. The molecule has 0 N–H and O–H groups in total. The van der Waals surface area contributed by atoms with Crippen molar-refractivity contribution in [1.29, 1.82) is 0 Å². The number of pyridine rings is 1. The van der Waals surface area contributed by atoms with Crippen molar-refractivity contribution < 1.29 is 9.18 Å². The second-order valence-corrected chi connectivity index (χ2v) is 5.47. The number of hydrogen-bond acceptors (Lipinski definition) is 3. The van der Waals surface area contributed by atoms with E-state index >= 15 is 0 Å². The number of aliphatic imine (C=N–C) groups is 1. The number of carbonyl (C=O) groups excluding carboxylic acids is 1. The Morgan fingerprint density at radius 3 is 2.77 bits per heavy atom. The predicted molar refractivity (Wildman–Crippen MR) is 83.6 cm³/mol. The fraction of sp³-hybridized carbons (Fsp3) is 0.278. The Labute approximate surface area is 128 Å². The van der Waals surface area contributed by atoms with Gasteiger partial charge in [0.1, 0.15) is 11.6 Å². The monoisotopic (exact) mass is 296 g/mol. The van der Waals surface area contributed by atoms with E-state index in [9.17, 15) is 9.18 Å². The van der Waals surface area contributed by atoms with Crippen LogP contribution in [0.4, 0.5) is 4.39 Å². The summed E-state index contributed by atoms with van der Waals surface area (Å²) >= 11 is 0. The van der Waals surface area contributed by atoms with Gasteiger partial charge < -0.3 is 0 Å². The Kier molecular flexibility index (Phi) is 4.09. The molecule has 112 valence electrons. The Bertz CT molecular complexity index is 735. The van der Waals surface area contributed by atoms with E-state index in [1.165, 1.54) is 12.1 Å². The van der Waals surface area contributed by atoms with Crippen molar-refractivity contribution >= 4 is 11.5 Å². The predicted octanol–water partition coefficient (Wildman–Crippen LogP) is 3.48. The van der Waals surface area contributed by atoms with Crippen molar-refractivity contribution in [1.82, 2.24) is 4.98 Å². The summed E-state index contributed by atoms with van der Waals surface area (Å²) in [5.41, 5.74) is 4.57. The van der Waals surface area contributed by atoms with Crippen LogP contribution in [0.15, 0.2) is 41.5 Å². The van der Waals surface area contributed by atoms with E-state index in [4.69, 9.17) is 0 Å². The number of Topliss-reactive ketones (excluding diaryl/α,β-unsaturated/α-hetero) is 1. The number of benzene rings is 1. The van der Waals surface area contributed by atoms with Gasteiger partial charge in [0.25, 0.3) is 0 Å². The van der Waals surface area contributed by atoms with Crippen molar-refractivity contribution in [3.8, 4) is 0 Å². The summed E-state index contributed by atoms with van der Waals surface area (Å²) in [4.78, 5) is 20.6. The van der Waals surface area contributed by atoms with Crippen LogP contribution in [0.1, 0.15) is 42.1 Å². The number of carbonyl (C=O) groups is 1. The van der Waals surface area contributed by atoms with E-state index in [0.717, 1.165) is 34.5 Å². The average molecular weight is 296 g/mol. The first-order chi connectivity index (χ1) is 10.7. The Balaban J connectivity index is 1.82. The van der Waals surface area contributed by atoms with E-state index in [-0.39, 0.29) is 11.6 Å². The fourth-order valence-corrected chi connectivity index (χ4v) is 2.66. The summed E-state index contributed by atoms with van der Waals surface area (Å²) in [7, 11) is 0. The fourth-order valence-electron chi connectivity index (χ4n) is 2.66. The topological polar surface area (TPSA) is 42.3 Å². The zero-order valence-corrected chi connectivity index (χ0v) is 12.5. The molecule has 22 heavy (non-hydrogen) atoms. The highest BCUT2D eigenvalue weighted by atomic mass is 19.1. The first-order valence-electron chi connectivity index (χ1n) is 7.47. The molecule has 0 amide bonds. The first kappa shape index (κ1) is 14.6. The minimum absolute atomic E-state index is 0.215. The third-order valence-electron chi connectivity index (χ3n) is 3.73. The van der Waals surface area contributed by atoms with Crippen LogP contribution in [0.5, 0.6) is 0 Å². The van der Waals surface area contributed by atoms with E-state index in [2.05, 4.69) is 9.98 Å². The maximum Gasteiger partial charge on any atom is 0.138 e. The smallest absolute Gasteiger partial charge is 0.138 e. The van der Waals surface area contributed by atoms with Crippen LogP contribution < -0.4 is 0 Å². The van der Waals surface area contributed by atoms with Crippen LogP contribution in [-0.2, 0) is 17.8 Å². The number of nitrogens with zero attached hydrogens (tertiary/aromatic N) is 2. The highest BCUT2D eigenvalue weighted by Gasteiger charge is 2.19. The van der Waals surface area contributed by atoms with Gasteiger partial charge in [-0.3, -0.25) is 14.8 Å². The maximum absolute atomic E-state index is 13.0. The minimum atomic E-state index is -0.259. The molecule has 2 heterocycles. The summed E-state index contributed by atoms with van der Waals surface area (Å²) in [6, 6.07) is 8.27. The lowest BCUT2D eigenvalue weighted by Crippen LogP contribution is -2.06. The lowest BCUT2D eigenvalue weighted by molar-refractivity contribution is -0.118. The molecule has 0 fully saturated rings. The van der Waals surface area contributed by atoms with Gasteiger partial charge in [-0.1, -0.05) is 6.92 Å². The second kappa shape index (κ2) is 6.18. The lowest BCUT2D eigenvalue weighted by atomic mass is 10.0. The third-order valence-corrected chi connectivity index (χ3v) is 3.73. The zero-order chi connectivity index (χ0) is 15.5. The van der Waals surface area contributed by atoms with Gasteiger partial charge in [-0.25, -0.2) is 4.39 Å². The van der Waals surface area contributed by atoms with E-state index in [0.29, 0.717) is 19.4 Å². The Hall–Kier alpha value is -2.36. The maximum atomic E-state index is 13.0. The standard InChI is InChI=1S/C18H17FN2O/c1-2-3-16(22)9-15-8-13-10-21-18(17(13)11-20-15)12-4-6-14(19)7-5-12/h4-8,11H,2-3,9-10H2,1H3. The van der Waals surface area contributed by atoms with Gasteiger partial charge in [-0.05, 0) is 42.3 Å². The number of halogens is 1. The van der Waals surface area contributed by atoms with Crippen molar-refractivity contribution in [3.63, 3.8) is 0 Å². The highest BCUT2D eigenvalue weighted by Crippen LogP contribution is 2.23. The molecule has 0 atom stereocenters. The van der Waals surface area contributed by atoms with Crippen LogP contribution in [0, 0.1) is 5.82 Å². The van der Waals surface area contributed by atoms with Crippen molar-refractivity contribution in [3.05, 3.63) is 64.7 Å². The molecule has 0 unspecified atom stereocenters. The largest absolute Gasteiger partial charge is 0.299 e. The third kappa shape index (κ3) is 2.96. The average Bonchev–Trinajstić information content (AvgIpc) is 2.91. The normalized spacial score (nSPS) is 12.9. The number of ketones is 1. The van der Waals surface area contributed by atoms with E-state index in [1.54, 1.807) is 18.3 Å². The summed E-state index contributed by atoms with van der Waals surface area (Å²) in [5, 5.41) is 0. The van der Waals surface area contributed by atoms with Crippen LogP contribution in [0.3, 0.4) is 0 Å². The van der Waals surface area contributed by atoms with Crippen molar-refractivity contribution in [2.45, 2.75) is 32.7 Å². The second-order valence-electron chi connectivity index (χ2n) is 5.47. The molecule has 0 aliphatic carbocycles. The Morgan fingerprint density at radius 2 is 2.05 bits per heavy atom. The molecule has 2 aromatic rings. The lowest BCUT2D eigenvalue weighted by Gasteiger charge is -2.06. The van der Waals surface area contributed by atoms with Crippen LogP contribution >= 0.6 is 0 Å². The molecular weight excluding hydrogens is 279 g/mol. The van der Waals surface area contributed by atoms with Gasteiger partial charge in [0.2, 0.25) is 0 Å². The molecule has 4 heteroatoms. The molecule has 0 saturated carbocycles. The quantitative estimate of drug-likeness (QED) is 0.847. The van der Waals surface area contributed by atoms with Gasteiger partial charge in [-0.15, -0.1) is 0 Å². The van der Waals surface area contributed by atoms with E-state index < -0.39 is 0 Å². The number of aromatic nitrogens is 1. The number of rotatable bonds is 5. The number of fused-ring (bicyclic) bond motifs is 1. The highest BCUT2D eigenvalue weighted by molar-refractivity contribution is 6.14. The van der Waals surface area contributed by atoms with Gasteiger partial charge in [0, 0.05) is 35.9 Å². The first-order valence-corrected chi connectivity index (χ1v) is 7.47. The molecule has 1 aromatic carbocycles. The molecule has 0 radical (unpaired) electrons. The summed E-state index contributed by atoms with van der Waals surface area (Å²) < 4.78 is 13.0. The molecular formula is C18H17FN2O. The van der Waals surface area contributed by atoms with Gasteiger partial charge >= 0.3 is 0 Å². The summed E-state index contributed by atoms with van der Waals surface area (Å²) in [6.07, 6.45) is 3.61. The molecule has 0 saturated heterocycles. The zero-order valence-electron chi connectivity index (χ0n) is 12.5. The molecule has 1 aromatic heterocycles. The van der Waals surface area contributed by atoms with Gasteiger partial charge in [0.15, 0.2) is 0 Å². The molecule has 0 bridgehead atoms. The summed E-state index contributed by atoms with van der Waals surface area (Å²) in [5.74, 6) is -0.0434.